The lowest BCUT2D eigenvalue weighted by Gasteiger charge is -2.27. The van der Waals surface area contributed by atoms with E-state index in [-0.39, 0.29) is 18.7 Å². The molecule has 1 saturated heterocycles. The summed E-state index contributed by atoms with van der Waals surface area (Å²) in [6.07, 6.45) is 2.98. The minimum absolute atomic E-state index is 0.156. The summed E-state index contributed by atoms with van der Waals surface area (Å²) in [7, 11) is 0. The second-order valence-corrected chi connectivity index (χ2v) is 5.03. The number of amides is 1. The van der Waals surface area contributed by atoms with Gasteiger partial charge in [0.05, 0.1) is 12.1 Å². The Morgan fingerprint density at radius 2 is 2.25 bits per heavy atom. The molecule has 0 aliphatic carbocycles. The van der Waals surface area contributed by atoms with Crippen LogP contribution in [0.4, 0.5) is 4.79 Å². The molecule has 4 nitrogen and oxygen atoms in total. The van der Waals surface area contributed by atoms with Crippen molar-refractivity contribution in [3.8, 4) is 0 Å². The van der Waals surface area contributed by atoms with Crippen LogP contribution in [0.2, 0.25) is 0 Å². The van der Waals surface area contributed by atoms with Gasteiger partial charge in [-0.1, -0.05) is 36.4 Å². The molecule has 1 aromatic rings. The van der Waals surface area contributed by atoms with Crippen LogP contribution in [-0.4, -0.2) is 34.8 Å². The van der Waals surface area contributed by atoms with Gasteiger partial charge >= 0.3 is 6.09 Å². The quantitative estimate of drug-likeness (QED) is 0.841. The van der Waals surface area contributed by atoms with Crippen LogP contribution in [-0.2, 0) is 11.3 Å². The third-order valence-electron chi connectivity index (χ3n) is 3.59. The van der Waals surface area contributed by atoms with Gasteiger partial charge in [-0.2, -0.15) is 0 Å². The molecule has 0 bridgehead atoms. The summed E-state index contributed by atoms with van der Waals surface area (Å²) in [6, 6.07) is 9.43. The highest BCUT2D eigenvalue weighted by Gasteiger charge is 2.34. The van der Waals surface area contributed by atoms with E-state index < -0.39 is 6.10 Å². The van der Waals surface area contributed by atoms with E-state index in [1.165, 1.54) is 0 Å². The summed E-state index contributed by atoms with van der Waals surface area (Å²) >= 11 is 0. The van der Waals surface area contributed by atoms with Crippen LogP contribution in [0.15, 0.2) is 43.0 Å². The van der Waals surface area contributed by atoms with Crippen molar-refractivity contribution in [1.82, 2.24) is 4.90 Å². The van der Waals surface area contributed by atoms with Crippen molar-refractivity contribution in [2.45, 2.75) is 38.0 Å². The third kappa shape index (κ3) is 3.61. The number of ether oxygens (including phenoxy) is 1. The average Bonchev–Trinajstić information content (AvgIpc) is 2.96. The van der Waals surface area contributed by atoms with Crippen molar-refractivity contribution in [1.29, 1.82) is 0 Å². The SMILES string of the molecule is C=CCC(O)C1CCCN1C(=O)OCc1ccccc1. The molecule has 2 rings (SSSR count). The van der Waals surface area contributed by atoms with E-state index in [2.05, 4.69) is 6.58 Å². The maximum atomic E-state index is 12.1. The molecule has 4 heteroatoms. The maximum Gasteiger partial charge on any atom is 0.410 e. The first-order chi connectivity index (χ1) is 9.72. The van der Waals surface area contributed by atoms with Crippen molar-refractivity contribution in [3.63, 3.8) is 0 Å². The highest BCUT2D eigenvalue weighted by Crippen LogP contribution is 2.23. The maximum absolute atomic E-state index is 12.1. The standard InChI is InChI=1S/C16H21NO3/c1-2-7-15(18)14-10-6-11-17(14)16(19)20-12-13-8-4-3-5-9-13/h2-5,8-9,14-15,18H,1,6-7,10-12H2. The lowest BCUT2D eigenvalue weighted by molar-refractivity contribution is 0.0494. The Kier molecular flexibility index (Phi) is 5.18. The Bertz CT molecular complexity index is 446. The summed E-state index contributed by atoms with van der Waals surface area (Å²) in [5, 5.41) is 10.0. The number of aliphatic hydroxyl groups is 1. The van der Waals surface area contributed by atoms with Crippen molar-refractivity contribution in [3.05, 3.63) is 48.6 Å². The molecule has 1 aliphatic rings. The summed E-state index contributed by atoms with van der Waals surface area (Å²) in [5.41, 5.74) is 0.961. The second kappa shape index (κ2) is 7.10. The van der Waals surface area contributed by atoms with E-state index in [1.807, 2.05) is 30.3 Å². The van der Waals surface area contributed by atoms with Gasteiger partial charge in [0.1, 0.15) is 6.61 Å². The number of carbonyl (C=O) groups is 1. The molecular formula is C16H21NO3. The van der Waals surface area contributed by atoms with Crippen LogP contribution in [0, 0.1) is 0 Å². The van der Waals surface area contributed by atoms with Gasteiger partial charge in [-0.25, -0.2) is 4.79 Å². The largest absolute Gasteiger partial charge is 0.445 e. The molecule has 0 spiro atoms. The predicted octanol–water partition coefficient (Wildman–Crippen LogP) is 2.72. The van der Waals surface area contributed by atoms with Crippen molar-refractivity contribution >= 4 is 6.09 Å². The van der Waals surface area contributed by atoms with Crippen LogP contribution < -0.4 is 0 Å². The molecule has 0 aromatic heterocycles. The number of aliphatic hydroxyl groups excluding tert-OH is 1. The number of hydrogen-bond donors (Lipinski definition) is 1. The molecular weight excluding hydrogens is 254 g/mol. The summed E-state index contributed by atoms with van der Waals surface area (Å²) in [6.45, 7) is 4.53. The lowest BCUT2D eigenvalue weighted by Crippen LogP contribution is -2.42. The zero-order valence-electron chi connectivity index (χ0n) is 11.6. The van der Waals surface area contributed by atoms with Crippen molar-refractivity contribution < 1.29 is 14.6 Å². The van der Waals surface area contributed by atoms with Gasteiger partial charge < -0.3 is 14.7 Å². The smallest absolute Gasteiger partial charge is 0.410 e. The highest BCUT2D eigenvalue weighted by atomic mass is 16.6. The number of likely N-dealkylation sites (tertiary alicyclic amines) is 1. The van der Waals surface area contributed by atoms with Gasteiger partial charge in [-0.15, -0.1) is 6.58 Å². The normalized spacial score (nSPS) is 19.6. The van der Waals surface area contributed by atoms with Crippen LogP contribution in [0.25, 0.3) is 0 Å². The van der Waals surface area contributed by atoms with E-state index in [0.717, 1.165) is 18.4 Å². The number of benzene rings is 1. The topological polar surface area (TPSA) is 49.8 Å². The fourth-order valence-corrected chi connectivity index (χ4v) is 2.55. The molecule has 108 valence electrons. The van der Waals surface area contributed by atoms with Crippen molar-refractivity contribution in [2.24, 2.45) is 0 Å². The van der Waals surface area contributed by atoms with E-state index in [1.54, 1.807) is 11.0 Å². The highest BCUT2D eigenvalue weighted by molar-refractivity contribution is 5.68. The molecule has 1 fully saturated rings. The van der Waals surface area contributed by atoms with Crippen LogP contribution in [0.1, 0.15) is 24.8 Å². The lowest BCUT2D eigenvalue weighted by atomic mass is 10.1. The minimum Gasteiger partial charge on any atom is -0.445 e. The van der Waals surface area contributed by atoms with Crippen molar-refractivity contribution in [2.75, 3.05) is 6.54 Å². The Labute approximate surface area is 119 Å². The number of rotatable bonds is 5. The molecule has 2 atom stereocenters. The van der Waals surface area contributed by atoms with Gasteiger partial charge in [0.2, 0.25) is 0 Å². The van der Waals surface area contributed by atoms with Crippen LogP contribution in [0.3, 0.4) is 0 Å². The summed E-state index contributed by atoms with van der Waals surface area (Å²) < 4.78 is 5.32. The molecule has 20 heavy (non-hydrogen) atoms. The van der Waals surface area contributed by atoms with Gasteiger partial charge in [0.15, 0.2) is 0 Å². The predicted molar refractivity (Wildman–Crippen MR) is 77.2 cm³/mol. The first-order valence-electron chi connectivity index (χ1n) is 6.98. The molecule has 1 amide bonds. The van der Waals surface area contributed by atoms with Crippen LogP contribution in [0.5, 0.6) is 0 Å². The summed E-state index contributed by atoms with van der Waals surface area (Å²) in [4.78, 5) is 13.7. The van der Waals surface area contributed by atoms with Gasteiger partial charge in [-0.3, -0.25) is 0 Å². The third-order valence-corrected chi connectivity index (χ3v) is 3.59. The Hall–Kier alpha value is -1.81. The Balaban J connectivity index is 1.89. The number of hydrogen-bond acceptors (Lipinski definition) is 3. The Morgan fingerprint density at radius 1 is 1.50 bits per heavy atom. The first kappa shape index (κ1) is 14.6. The molecule has 1 aliphatic heterocycles. The number of carbonyl (C=O) groups excluding carboxylic acids is 1. The monoisotopic (exact) mass is 275 g/mol. The fraction of sp³-hybridized carbons (Fsp3) is 0.438. The zero-order valence-corrected chi connectivity index (χ0v) is 11.6. The average molecular weight is 275 g/mol. The zero-order chi connectivity index (χ0) is 14.4. The van der Waals surface area contributed by atoms with Crippen LogP contribution >= 0.6 is 0 Å². The first-order valence-corrected chi connectivity index (χ1v) is 6.98. The molecule has 1 N–H and O–H groups in total. The van der Waals surface area contributed by atoms with Gasteiger partial charge in [0, 0.05) is 6.54 Å². The minimum atomic E-state index is -0.556. The fourth-order valence-electron chi connectivity index (χ4n) is 2.55. The molecule has 1 heterocycles. The van der Waals surface area contributed by atoms with Gasteiger partial charge in [0.25, 0.3) is 0 Å². The second-order valence-electron chi connectivity index (χ2n) is 5.03. The Morgan fingerprint density at radius 3 is 2.95 bits per heavy atom. The van der Waals surface area contributed by atoms with E-state index in [9.17, 15) is 9.90 Å². The molecule has 2 unspecified atom stereocenters. The van der Waals surface area contributed by atoms with E-state index in [0.29, 0.717) is 13.0 Å². The summed E-state index contributed by atoms with van der Waals surface area (Å²) in [5.74, 6) is 0. The molecule has 0 saturated carbocycles. The van der Waals surface area contributed by atoms with Gasteiger partial charge in [-0.05, 0) is 24.8 Å². The molecule has 1 aromatic carbocycles. The van der Waals surface area contributed by atoms with E-state index in [4.69, 9.17) is 4.74 Å². The molecule has 0 radical (unpaired) electrons. The van der Waals surface area contributed by atoms with E-state index >= 15 is 0 Å². The number of nitrogens with zero attached hydrogens (tertiary/aromatic N) is 1.